The van der Waals surface area contributed by atoms with E-state index < -0.39 is 0 Å². The Kier molecular flexibility index (Phi) is 6.66. The SMILES string of the molecule is CCCC(CCC)C(N)Cc1cc(Cl)ccc1F. The van der Waals surface area contributed by atoms with Crippen LogP contribution in [-0.2, 0) is 6.42 Å². The number of rotatable bonds is 7. The lowest BCUT2D eigenvalue weighted by molar-refractivity contribution is 0.357. The Balaban J connectivity index is 2.71. The smallest absolute Gasteiger partial charge is 0.126 e. The monoisotopic (exact) mass is 271 g/mol. The molecule has 1 unspecified atom stereocenters. The number of halogens is 2. The van der Waals surface area contributed by atoms with Crippen molar-refractivity contribution in [3.63, 3.8) is 0 Å². The van der Waals surface area contributed by atoms with Crippen LogP contribution in [-0.4, -0.2) is 6.04 Å². The number of nitrogens with two attached hydrogens (primary N) is 1. The molecule has 0 amide bonds. The van der Waals surface area contributed by atoms with E-state index in [0.29, 0.717) is 22.9 Å². The molecule has 0 heterocycles. The minimum absolute atomic E-state index is 0.0119. The molecule has 0 fully saturated rings. The standard InChI is InChI=1S/C15H23ClFN/c1-3-5-11(6-4-2)15(18)10-12-9-13(16)7-8-14(12)17/h7-9,11,15H,3-6,10,18H2,1-2H3. The average Bonchev–Trinajstić information content (AvgIpc) is 2.33. The molecule has 102 valence electrons. The minimum Gasteiger partial charge on any atom is -0.327 e. The molecule has 0 aliphatic heterocycles. The van der Waals surface area contributed by atoms with E-state index in [-0.39, 0.29) is 11.9 Å². The second-order valence-corrected chi connectivity index (χ2v) is 5.38. The van der Waals surface area contributed by atoms with Gasteiger partial charge in [0, 0.05) is 11.1 Å². The molecule has 1 atom stereocenters. The van der Waals surface area contributed by atoms with E-state index in [9.17, 15) is 4.39 Å². The van der Waals surface area contributed by atoms with E-state index >= 15 is 0 Å². The van der Waals surface area contributed by atoms with Crippen molar-refractivity contribution in [2.75, 3.05) is 0 Å². The second-order valence-electron chi connectivity index (χ2n) is 4.94. The van der Waals surface area contributed by atoms with Gasteiger partial charge >= 0.3 is 0 Å². The third-order valence-electron chi connectivity index (χ3n) is 3.39. The first kappa shape index (κ1) is 15.5. The summed E-state index contributed by atoms with van der Waals surface area (Å²) >= 11 is 5.89. The predicted octanol–water partition coefficient (Wildman–Crippen LogP) is 4.57. The predicted molar refractivity (Wildman–Crippen MR) is 76.4 cm³/mol. The highest BCUT2D eigenvalue weighted by molar-refractivity contribution is 6.30. The fraction of sp³-hybridized carbons (Fsp3) is 0.600. The topological polar surface area (TPSA) is 26.0 Å². The molecule has 0 aliphatic carbocycles. The van der Waals surface area contributed by atoms with Gasteiger partial charge in [-0.25, -0.2) is 4.39 Å². The molecule has 18 heavy (non-hydrogen) atoms. The molecule has 1 aromatic carbocycles. The van der Waals surface area contributed by atoms with Crippen LogP contribution in [0.15, 0.2) is 18.2 Å². The lowest BCUT2D eigenvalue weighted by atomic mass is 9.87. The van der Waals surface area contributed by atoms with Crippen LogP contribution in [0.3, 0.4) is 0 Å². The Morgan fingerprint density at radius 1 is 1.22 bits per heavy atom. The highest BCUT2D eigenvalue weighted by atomic mass is 35.5. The van der Waals surface area contributed by atoms with Crippen molar-refractivity contribution in [2.45, 2.75) is 52.0 Å². The van der Waals surface area contributed by atoms with Crippen molar-refractivity contribution in [2.24, 2.45) is 11.7 Å². The fourth-order valence-corrected chi connectivity index (χ4v) is 2.63. The van der Waals surface area contributed by atoms with Crippen LogP contribution in [0.25, 0.3) is 0 Å². The maximum absolute atomic E-state index is 13.7. The molecule has 1 aromatic rings. The minimum atomic E-state index is -0.207. The highest BCUT2D eigenvalue weighted by Gasteiger charge is 2.18. The van der Waals surface area contributed by atoms with Gasteiger partial charge in [0.1, 0.15) is 5.82 Å². The van der Waals surface area contributed by atoms with Crippen molar-refractivity contribution < 1.29 is 4.39 Å². The van der Waals surface area contributed by atoms with Gasteiger partial charge in [-0.1, -0.05) is 38.3 Å². The average molecular weight is 272 g/mol. The van der Waals surface area contributed by atoms with Crippen LogP contribution in [0.4, 0.5) is 4.39 Å². The summed E-state index contributed by atoms with van der Waals surface area (Å²) in [4.78, 5) is 0. The van der Waals surface area contributed by atoms with Gasteiger partial charge in [0.2, 0.25) is 0 Å². The highest BCUT2D eigenvalue weighted by Crippen LogP contribution is 2.22. The van der Waals surface area contributed by atoms with Gasteiger partial charge in [0.05, 0.1) is 0 Å². The van der Waals surface area contributed by atoms with Crippen LogP contribution < -0.4 is 5.73 Å². The Morgan fingerprint density at radius 3 is 2.39 bits per heavy atom. The Labute approximate surface area is 115 Å². The molecule has 1 nitrogen and oxygen atoms in total. The molecule has 2 N–H and O–H groups in total. The quantitative estimate of drug-likeness (QED) is 0.773. The van der Waals surface area contributed by atoms with Gasteiger partial charge in [0.25, 0.3) is 0 Å². The fourth-order valence-electron chi connectivity index (χ4n) is 2.43. The Hall–Kier alpha value is -0.600. The molecule has 3 heteroatoms. The zero-order chi connectivity index (χ0) is 13.5. The van der Waals surface area contributed by atoms with Crippen molar-refractivity contribution in [1.29, 1.82) is 0 Å². The zero-order valence-corrected chi connectivity index (χ0v) is 12.0. The molecule has 0 aliphatic rings. The summed E-state index contributed by atoms with van der Waals surface area (Å²) < 4.78 is 13.7. The summed E-state index contributed by atoms with van der Waals surface area (Å²) in [7, 11) is 0. The summed E-state index contributed by atoms with van der Waals surface area (Å²) in [5.74, 6) is 0.264. The van der Waals surface area contributed by atoms with Crippen molar-refractivity contribution >= 4 is 11.6 Å². The van der Waals surface area contributed by atoms with Crippen molar-refractivity contribution in [3.05, 3.63) is 34.6 Å². The summed E-state index contributed by atoms with van der Waals surface area (Å²) in [6.45, 7) is 4.32. The van der Waals surface area contributed by atoms with E-state index in [4.69, 9.17) is 17.3 Å². The maximum atomic E-state index is 13.7. The molecular formula is C15H23ClFN. The maximum Gasteiger partial charge on any atom is 0.126 e. The molecule has 0 saturated heterocycles. The first-order valence-corrected chi connectivity index (χ1v) is 7.15. The van der Waals surface area contributed by atoms with Gasteiger partial charge in [-0.3, -0.25) is 0 Å². The molecular weight excluding hydrogens is 249 g/mol. The number of benzene rings is 1. The summed E-state index contributed by atoms with van der Waals surface area (Å²) in [5, 5.41) is 0.570. The molecule has 1 rings (SSSR count). The Bertz CT molecular complexity index is 362. The van der Waals surface area contributed by atoms with Gasteiger partial charge in [-0.05, 0) is 48.9 Å². The van der Waals surface area contributed by atoms with Gasteiger partial charge in [-0.15, -0.1) is 0 Å². The number of hydrogen-bond acceptors (Lipinski definition) is 1. The van der Waals surface area contributed by atoms with Gasteiger partial charge in [-0.2, -0.15) is 0 Å². The molecule has 0 radical (unpaired) electrons. The lowest BCUT2D eigenvalue weighted by Gasteiger charge is -2.23. The molecule has 0 saturated carbocycles. The molecule has 0 bridgehead atoms. The number of hydrogen-bond donors (Lipinski definition) is 1. The summed E-state index contributed by atoms with van der Waals surface area (Å²) in [5.41, 5.74) is 6.86. The van der Waals surface area contributed by atoms with E-state index in [0.717, 1.165) is 25.7 Å². The largest absolute Gasteiger partial charge is 0.327 e. The molecule has 0 aromatic heterocycles. The van der Waals surface area contributed by atoms with Crippen LogP contribution in [0.1, 0.15) is 45.1 Å². The first-order chi connectivity index (χ1) is 8.58. The summed E-state index contributed by atoms with van der Waals surface area (Å²) in [6, 6.07) is 4.68. The van der Waals surface area contributed by atoms with Crippen molar-refractivity contribution in [1.82, 2.24) is 0 Å². The lowest BCUT2D eigenvalue weighted by Crippen LogP contribution is -2.32. The summed E-state index contributed by atoms with van der Waals surface area (Å²) in [6.07, 6.45) is 5.03. The van der Waals surface area contributed by atoms with E-state index in [1.54, 1.807) is 12.1 Å². The third-order valence-corrected chi connectivity index (χ3v) is 3.62. The van der Waals surface area contributed by atoms with Crippen LogP contribution in [0.5, 0.6) is 0 Å². The third kappa shape index (κ3) is 4.58. The van der Waals surface area contributed by atoms with Crippen LogP contribution >= 0.6 is 11.6 Å². The molecule has 0 spiro atoms. The van der Waals surface area contributed by atoms with Crippen LogP contribution in [0.2, 0.25) is 5.02 Å². The van der Waals surface area contributed by atoms with Gasteiger partial charge in [0.15, 0.2) is 0 Å². The van der Waals surface area contributed by atoms with Gasteiger partial charge < -0.3 is 5.73 Å². The van der Waals surface area contributed by atoms with Crippen molar-refractivity contribution in [3.8, 4) is 0 Å². The zero-order valence-electron chi connectivity index (χ0n) is 11.3. The van der Waals surface area contributed by atoms with Crippen LogP contribution in [0, 0.1) is 11.7 Å². The Morgan fingerprint density at radius 2 is 1.83 bits per heavy atom. The van der Waals surface area contributed by atoms with E-state index in [1.165, 1.54) is 6.07 Å². The van der Waals surface area contributed by atoms with E-state index in [1.807, 2.05) is 0 Å². The second kappa shape index (κ2) is 7.75. The normalized spacial score (nSPS) is 13.0. The van der Waals surface area contributed by atoms with E-state index in [2.05, 4.69) is 13.8 Å². The first-order valence-electron chi connectivity index (χ1n) is 6.78.